The van der Waals surface area contributed by atoms with Crippen LogP contribution in [0.1, 0.15) is 31.7 Å². The number of nitrogens with zero attached hydrogens (tertiary/aromatic N) is 3. The van der Waals surface area contributed by atoms with Gasteiger partial charge in [-0.1, -0.05) is 0 Å². The monoisotopic (exact) mass is 351 g/mol. The minimum Gasteiger partial charge on any atom is -0.365 e. The molecule has 0 spiro atoms. The third kappa shape index (κ3) is 3.26. The van der Waals surface area contributed by atoms with Crippen molar-refractivity contribution in [2.75, 3.05) is 13.1 Å². The van der Waals surface area contributed by atoms with E-state index in [-0.39, 0.29) is 17.9 Å². The van der Waals surface area contributed by atoms with Gasteiger partial charge in [-0.25, -0.2) is 8.78 Å². The molecule has 1 fully saturated rings. The number of likely N-dealkylation sites (tertiary alicyclic amines) is 1. The fourth-order valence-corrected chi connectivity index (χ4v) is 3.31. The van der Waals surface area contributed by atoms with Gasteiger partial charge in [0.2, 0.25) is 11.8 Å². The van der Waals surface area contributed by atoms with Crippen LogP contribution in [0.15, 0.2) is 23.3 Å². The summed E-state index contributed by atoms with van der Waals surface area (Å²) in [5.74, 6) is -2.54. The lowest BCUT2D eigenvalue weighted by molar-refractivity contribution is -0.164. The molecule has 3 rings (SSSR count). The molecule has 8 heteroatoms. The van der Waals surface area contributed by atoms with E-state index in [1.807, 2.05) is 0 Å². The number of hydrogen-bond donors (Lipinski definition) is 1. The molecular formula is C17H19F2N3O3. The van der Waals surface area contributed by atoms with Crippen LogP contribution in [0, 0.1) is 17.6 Å². The molecule has 1 atom stereocenters. The van der Waals surface area contributed by atoms with Gasteiger partial charge >= 0.3 is 0 Å². The van der Waals surface area contributed by atoms with Crippen LogP contribution in [0.3, 0.4) is 0 Å². The van der Waals surface area contributed by atoms with Crippen LogP contribution < -0.4 is 0 Å². The highest BCUT2D eigenvalue weighted by molar-refractivity contribution is 5.83. The normalized spacial score (nSPS) is 24.0. The highest BCUT2D eigenvalue weighted by Crippen LogP contribution is 2.36. The van der Waals surface area contributed by atoms with E-state index in [1.165, 1.54) is 13.1 Å². The van der Waals surface area contributed by atoms with Gasteiger partial charge < -0.3 is 10.0 Å². The van der Waals surface area contributed by atoms with E-state index < -0.39 is 29.2 Å². The molecule has 1 saturated heterocycles. The topological polar surface area (TPSA) is 73.2 Å². The van der Waals surface area contributed by atoms with Crippen LogP contribution in [-0.4, -0.2) is 46.1 Å². The number of aliphatic hydroxyl groups is 1. The van der Waals surface area contributed by atoms with Gasteiger partial charge in [0.25, 0.3) is 0 Å². The van der Waals surface area contributed by atoms with Gasteiger partial charge in [-0.2, -0.15) is 10.1 Å². The number of carbonyl (C=O) groups is 2. The number of halogens is 2. The van der Waals surface area contributed by atoms with E-state index in [9.17, 15) is 23.5 Å². The minimum atomic E-state index is -1.91. The zero-order valence-electron chi connectivity index (χ0n) is 13.8. The maximum absolute atomic E-state index is 13.5. The summed E-state index contributed by atoms with van der Waals surface area (Å²) >= 11 is 0. The average Bonchev–Trinajstić information content (AvgIpc) is 2.96. The van der Waals surface area contributed by atoms with Crippen LogP contribution in [0.2, 0.25) is 0 Å². The third-order valence-electron chi connectivity index (χ3n) is 4.75. The molecule has 2 aliphatic rings. The molecule has 2 aliphatic heterocycles. The second kappa shape index (κ2) is 6.51. The Balaban J connectivity index is 1.80. The van der Waals surface area contributed by atoms with E-state index in [4.69, 9.17) is 0 Å². The van der Waals surface area contributed by atoms with E-state index in [0.717, 1.165) is 17.1 Å². The van der Waals surface area contributed by atoms with Gasteiger partial charge in [-0.05, 0) is 25.0 Å². The molecule has 1 N–H and O–H groups in total. The standard InChI is InChI=1S/C17H19F2N3O3/c1-11(23)21-6-2-12(3-7-21)16(24)22-17(25,4-5-20-22)13-8-14(18)10-15(19)9-13/h5,8-10,12,25H,2-4,6-7H2,1H3. The first-order valence-electron chi connectivity index (χ1n) is 8.12. The van der Waals surface area contributed by atoms with E-state index >= 15 is 0 Å². The predicted octanol–water partition coefficient (Wildman–Crippen LogP) is 1.59. The SMILES string of the molecule is CC(=O)N1CCC(C(=O)N2N=CCC2(O)c2cc(F)cc(F)c2)CC1. The largest absolute Gasteiger partial charge is 0.365 e. The van der Waals surface area contributed by atoms with Crippen molar-refractivity contribution in [1.82, 2.24) is 9.91 Å². The van der Waals surface area contributed by atoms with Gasteiger partial charge in [0.05, 0.1) is 0 Å². The summed E-state index contributed by atoms with van der Waals surface area (Å²) in [5.41, 5.74) is -1.96. The van der Waals surface area contributed by atoms with Gasteiger partial charge in [0.1, 0.15) is 11.6 Å². The third-order valence-corrected chi connectivity index (χ3v) is 4.75. The van der Waals surface area contributed by atoms with Gasteiger partial charge in [0.15, 0.2) is 5.72 Å². The number of hydrazone groups is 1. The molecule has 0 aromatic heterocycles. The van der Waals surface area contributed by atoms with Crippen molar-refractivity contribution in [3.63, 3.8) is 0 Å². The number of benzene rings is 1. The Labute approximate surface area is 143 Å². The Morgan fingerprint density at radius 3 is 2.36 bits per heavy atom. The molecule has 1 aromatic rings. The fourth-order valence-electron chi connectivity index (χ4n) is 3.31. The van der Waals surface area contributed by atoms with Gasteiger partial charge in [-0.3, -0.25) is 9.59 Å². The van der Waals surface area contributed by atoms with Crippen LogP contribution in [0.5, 0.6) is 0 Å². The summed E-state index contributed by atoms with van der Waals surface area (Å²) in [6.07, 6.45) is 2.22. The Morgan fingerprint density at radius 2 is 1.80 bits per heavy atom. The summed E-state index contributed by atoms with van der Waals surface area (Å²) in [6, 6.07) is 2.69. The van der Waals surface area contributed by atoms with Crippen molar-refractivity contribution in [1.29, 1.82) is 0 Å². The van der Waals surface area contributed by atoms with Gasteiger partial charge in [0, 0.05) is 50.2 Å². The maximum atomic E-state index is 13.5. The van der Waals surface area contributed by atoms with Gasteiger partial charge in [-0.15, -0.1) is 0 Å². The van der Waals surface area contributed by atoms with E-state index in [2.05, 4.69) is 5.10 Å². The zero-order valence-corrected chi connectivity index (χ0v) is 13.8. The molecule has 0 radical (unpaired) electrons. The zero-order chi connectivity index (χ0) is 18.2. The summed E-state index contributed by atoms with van der Waals surface area (Å²) in [4.78, 5) is 25.8. The molecule has 134 valence electrons. The molecule has 1 unspecified atom stereocenters. The smallest absolute Gasteiger partial charge is 0.248 e. The van der Waals surface area contributed by atoms with Crippen molar-refractivity contribution < 1.29 is 23.5 Å². The second-order valence-electron chi connectivity index (χ2n) is 6.41. The van der Waals surface area contributed by atoms with Crippen molar-refractivity contribution in [2.45, 2.75) is 31.9 Å². The van der Waals surface area contributed by atoms with Crippen LogP contribution in [0.25, 0.3) is 0 Å². The first-order valence-corrected chi connectivity index (χ1v) is 8.12. The molecule has 0 bridgehead atoms. The van der Waals surface area contributed by atoms with Crippen molar-refractivity contribution in [2.24, 2.45) is 11.0 Å². The number of carbonyl (C=O) groups excluding carboxylic acids is 2. The highest BCUT2D eigenvalue weighted by Gasteiger charge is 2.45. The molecular weight excluding hydrogens is 332 g/mol. The molecule has 6 nitrogen and oxygen atoms in total. The lowest BCUT2D eigenvalue weighted by atomic mass is 9.93. The Kier molecular flexibility index (Phi) is 4.55. The quantitative estimate of drug-likeness (QED) is 0.879. The number of rotatable bonds is 2. The first-order chi connectivity index (χ1) is 11.8. The molecule has 2 amide bonds. The summed E-state index contributed by atoms with van der Waals surface area (Å²) in [6.45, 7) is 2.39. The Morgan fingerprint density at radius 1 is 1.20 bits per heavy atom. The van der Waals surface area contributed by atoms with Crippen molar-refractivity contribution in [3.8, 4) is 0 Å². The van der Waals surface area contributed by atoms with E-state index in [1.54, 1.807) is 4.90 Å². The van der Waals surface area contributed by atoms with Crippen LogP contribution in [0.4, 0.5) is 8.78 Å². The van der Waals surface area contributed by atoms with Crippen LogP contribution >= 0.6 is 0 Å². The number of hydrogen-bond acceptors (Lipinski definition) is 4. The first kappa shape index (κ1) is 17.5. The summed E-state index contributed by atoms with van der Waals surface area (Å²) in [7, 11) is 0. The molecule has 1 aromatic carbocycles. The van der Waals surface area contributed by atoms with E-state index in [0.29, 0.717) is 32.0 Å². The van der Waals surface area contributed by atoms with Crippen molar-refractivity contribution >= 4 is 18.0 Å². The average molecular weight is 351 g/mol. The second-order valence-corrected chi connectivity index (χ2v) is 6.41. The number of amides is 2. The molecule has 25 heavy (non-hydrogen) atoms. The minimum absolute atomic E-state index is 0.0446. The Hall–Kier alpha value is -2.35. The lowest BCUT2D eigenvalue weighted by Crippen LogP contribution is -2.48. The highest BCUT2D eigenvalue weighted by atomic mass is 19.1. The summed E-state index contributed by atoms with van der Waals surface area (Å²) in [5, 5.41) is 15.7. The lowest BCUT2D eigenvalue weighted by Gasteiger charge is -2.36. The number of piperidine rings is 1. The Bertz CT molecular complexity index is 712. The van der Waals surface area contributed by atoms with Crippen molar-refractivity contribution in [3.05, 3.63) is 35.4 Å². The summed E-state index contributed by atoms with van der Waals surface area (Å²) < 4.78 is 27.0. The van der Waals surface area contributed by atoms with Crippen LogP contribution in [-0.2, 0) is 15.3 Å². The molecule has 0 aliphatic carbocycles. The fraction of sp³-hybridized carbons (Fsp3) is 0.471. The molecule has 2 heterocycles. The maximum Gasteiger partial charge on any atom is 0.248 e. The predicted molar refractivity (Wildman–Crippen MR) is 85.2 cm³/mol. The molecule has 0 saturated carbocycles.